The highest BCUT2D eigenvalue weighted by molar-refractivity contribution is 5.67. The van der Waals surface area contributed by atoms with Crippen LogP contribution in [-0.4, -0.2) is 10.2 Å². The van der Waals surface area contributed by atoms with Crippen LogP contribution in [0.2, 0.25) is 0 Å². The maximum Gasteiger partial charge on any atom is 0.0577 e. The van der Waals surface area contributed by atoms with E-state index in [2.05, 4.69) is 47.5 Å². The summed E-state index contributed by atoms with van der Waals surface area (Å²) in [5.74, 6) is 0. The Morgan fingerprint density at radius 2 is 2.14 bits per heavy atom. The summed E-state index contributed by atoms with van der Waals surface area (Å²) < 4.78 is 0. The molecule has 0 aliphatic carbocycles. The predicted octanol–water partition coefficient (Wildman–Crippen LogP) is 2.89. The first kappa shape index (κ1) is 8.75. The molecule has 2 rings (SSSR count). The maximum atomic E-state index is 3.88. The largest absolute Gasteiger partial charge is 0.278 e. The van der Waals surface area contributed by atoms with Gasteiger partial charge in [0.05, 0.1) is 5.69 Å². The van der Waals surface area contributed by atoms with E-state index in [1.54, 1.807) is 6.20 Å². The van der Waals surface area contributed by atoms with Gasteiger partial charge in [0, 0.05) is 6.20 Å². The quantitative estimate of drug-likeness (QED) is 0.763. The van der Waals surface area contributed by atoms with Crippen molar-refractivity contribution in [2.75, 3.05) is 0 Å². The fraction of sp³-hybridized carbons (Fsp3) is 0.0833. The summed E-state index contributed by atoms with van der Waals surface area (Å²) in [5.41, 5.74) is 3.50. The molecule has 0 radical (unpaired) electrons. The molecule has 0 atom stereocenters. The average Bonchev–Trinajstić information content (AvgIpc) is 2.67. The van der Waals surface area contributed by atoms with Gasteiger partial charge in [-0.3, -0.25) is 5.10 Å². The summed E-state index contributed by atoms with van der Waals surface area (Å²) in [6.07, 6.45) is 5.83. The molecule has 0 aliphatic heterocycles. The third kappa shape index (κ3) is 2.10. The van der Waals surface area contributed by atoms with Crippen LogP contribution in [0.5, 0.6) is 0 Å². The lowest BCUT2D eigenvalue weighted by atomic mass is 10.1. The monoisotopic (exact) mass is 184 g/mol. The highest BCUT2D eigenvalue weighted by Crippen LogP contribution is 2.07. The zero-order valence-electron chi connectivity index (χ0n) is 8.07. The summed E-state index contributed by atoms with van der Waals surface area (Å²) in [7, 11) is 0. The zero-order chi connectivity index (χ0) is 9.80. The van der Waals surface area contributed by atoms with E-state index in [9.17, 15) is 0 Å². The SMILES string of the molecule is Cc1cccc(/C=C/c2ccn[nH]2)c1. The summed E-state index contributed by atoms with van der Waals surface area (Å²) >= 11 is 0. The molecule has 0 spiro atoms. The lowest BCUT2D eigenvalue weighted by Crippen LogP contribution is -1.75. The molecule has 0 unspecified atom stereocenters. The molecule has 1 aromatic heterocycles. The molecule has 1 aromatic carbocycles. The molecule has 2 heteroatoms. The van der Waals surface area contributed by atoms with Crippen molar-refractivity contribution in [3.05, 3.63) is 53.3 Å². The summed E-state index contributed by atoms with van der Waals surface area (Å²) in [6, 6.07) is 10.3. The zero-order valence-corrected chi connectivity index (χ0v) is 8.07. The van der Waals surface area contributed by atoms with E-state index >= 15 is 0 Å². The van der Waals surface area contributed by atoms with Gasteiger partial charge in [0.1, 0.15) is 0 Å². The highest BCUT2D eigenvalue weighted by atomic mass is 15.1. The molecule has 1 heterocycles. The lowest BCUT2D eigenvalue weighted by molar-refractivity contribution is 1.08. The third-order valence-corrected chi connectivity index (χ3v) is 2.02. The summed E-state index contributed by atoms with van der Waals surface area (Å²) in [5, 5.41) is 6.76. The molecule has 14 heavy (non-hydrogen) atoms. The van der Waals surface area contributed by atoms with Crippen molar-refractivity contribution in [2.45, 2.75) is 6.92 Å². The number of nitrogens with zero attached hydrogens (tertiary/aromatic N) is 1. The topological polar surface area (TPSA) is 28.7 Å². The third-order valence-electron chi connectivity index (χ3n) is 2.02. The molecule has 70 valence electrons. The van der Waals surface area contributed by atoms with E-state index < -0.39 is 0 Å². The van der Waals surface area contributed by atoms with Crippen LogP contribution in [0.25, 0.3) is 12.2 Å². The van der Waals surface area contributed by atoms with Gasteiger partial charge in [-0.25, -0.2) is 0 Å². The molecule has 2 aromatic rings. The van der Waals surface area contributed by atoms with Gasteiger partial charge >= 0.3 is 0 Å². The van der Waals surface area contributed by atoms with Crippen molar-refractivity contribution in [3.63, 3.8) is 0 Å². The molecular weight excluding hydrogens is 172 g/mol. The van der Waals surface area contributed by atoms with Crippen LogP contribution < -0.4 is 0 Å². The van der Waals surface area contributed by atoms with Crippen LogP contribution in [0.3, 0.4) is 0 Å². The number of aryl methyl sites for hydroxylation is 1. The summed E-state index contributed by atoms with van der Waals surface area (Å²) in [4.78, 5) is 0. The van der Waals surface area contributed by atoms with Gasteiger partial charge in [-0.15, -0.1) is 0 Å². The van der Waals surface area contributed by atoms with Crippen LogP contribution >= 0.6 is 0 Å². The molecule has 0 bridgehead atoms. The van der Waals surface area contributed by atoms with Crippen molar-refractivity contribution >= 4 is 12.2 Å². The Labute approximate surface area is 83.3 Å². The van der Waals surface area contributed by atoms with Crippen LogP contribution in [0.1, 0.15) is 16.8 Å². The van der Waals surface area contributed by atoms with Crippen molar-refractivity contribution in [2.24, 2.45) is 0 Å². The number of nitrogens with one attached hydrogen (secondary N) is 1. The Morgan fingerprint density at radius 3 is 2.86 bits per heavy atom. The van der Waals surface area contributed by atoms with Gasteiger partial charge in [0.25, 0.3) is 0 Å². The smallest absolute Gasteiger partial charge is 0.0577 e. The standard InChI is InChI=1S/C12H12N2/c1-10-3-2-4-11(9-10)5-6-12-7-8-13-14-12/h2-9H,1H3,(H,13,14)/b6-5+. The molecule has 0 saturated carbocycles. The molecule has 0 aliphatic rings. The van der Waals surface area contributed by atoms with Crippen molar-refractivity contribution in [1.29, 1.82) is 0 Å². The van der Waals surface area contributed by atoms with Crippen molar-refractivity contribution in [3.8, 4) is 0 Å². The van der Waals surface area contributed by atoms with E-state index in [4.69, 9.17) is 0 Å². The first-order valence-electron chi connectivity index (χ1n) is 4.59. The highest BCUT2D eigenvalue weighted by Gasteiger charge is 1.88. The van der Waals surface area contributed by atoms with Crippen LogP contribution in [-0.2, 0) is 0 Å². The molecule has 0 fully saturated rings. The maximum absolute atomic E-state index is 3.88. The normalized spacial score (nSPS) is 10.9. The second kappa shape index (κ2) is 3.92. The number of benzene rings is 1. The Balaban J connectivity index is 2.18. The van der Waals surface area contributed by atoms with Gasteiger partial charge in [0.15, 0.2) is 0 Å². The van der Waals surface area contributed by atoms with Gasteiger partial charge < -0.3 is 0 Å². The minimum atomic E-state index is 1.02. The summed E-state index contributed by atoms with van der Waals surface area (Å²) in [6.45, 7) is 2.09. The fourth-order valence-electron chi connectivity index (χ4n) is 1.32. The molecular formula is C12H12N2. The fourth-order valence-corrected chi connectivity index (χ4v) is 1.32. The minimum absolute atomic E-state index is 1.02. The number of aromatic amines is 1. The molecule has 0 amide bonds. The lowest BCUT2D eigenvalue weighted by Gasteiger charge is -1.94. The van der Waals surface area contributed by atoms with E-state index in [1.807, 2.05) is 12.1 Å². The van der Waals surface area contributed by atoms with Gasteiger partial charge in [-0.05, 0) is 24.6 Å². The van der Waals surface area contributed by atoms with Crippen LogP contribution in [0, 0.1) is 6.92 Å². The Morgan fingerprint density at radius 1 is 1.21 bits per heavy atom. The Kier molecular flexibility index (Phi) is 2.45. The first-order chi connectivity index (χ1) is 6.84. The van der Waals surface area contributed by atoms with Gasteiger partial charge in [0.2, 0.25) is 0 Å². The Hall–Kier alpha value is -1.83. The van der Waals surface area contributed by atoms with Crippen molar-refractivity contribution in [1.82, 2.24) is 10.2 Å². The minimum Gasteiger partial charge on any atom is -0.278 e. The number of aromatic nitrogens is 2. The first-order valence-corrected chi connectivity index (χ1v) is 4.59. The molecule has 0 saturated heterocycles. The van der Waals surface area contributed by atoms with Gasteiger partial charge in [-0.2, -0.15) is 5.10 Å². The number of hydrogen-bond donors (Lipinski definition) is 1. The predicted molar refractivity (Wildman–Crippen MR) is 58.7 cm³/mol. The Bertz CT molecular complexity index is 427. The molecule has 2 nitrogen and oxygen atoms in total. The van der Waals surface area contributed by atoms with Crippen molar-refractivity contribution < 1.29 is 0 Å². The number of H-pyrrole nitrogens is 1. The van der Waals surface area contributed by atoms with E-state index in [-0.39, 0.29) is 0 Å². The second-order valence-corrected chi connectivity index (χ2v) is 3.26. The van der Waals surface area contributed by atoms with E-state index in [1.165, 1.54) is 11.1 Å². The van der Waals surface area contributed by atoms with Crippen LogP contribution in [0.4, 0.5) is 0 Å². The number of rotatable bonds is 2. The molecule has 1 N–H and O–H groups in total. The van der Waals surface area contributed by atoms with E-state index in [0.29, 0.717) is 0 Å². The second-order valence-electron chi connectivity index (χ2n) is 3.26. The average molecular weight is 184 g/mol. The van der Waals surface area contributed by atoms with E-state index in [0.717, 1.165) is 5.69 Å². The van der Waals surface area contributed by atoms with Gasteiger partial charge in [-0.1, -0.05) is 35.9 Å². The van der Waals surface area contributed by atoms with Crippen LogP contribution in [0.15, 0.2) is 36.5 Å². The number of hydrogen-bond acceptors (Lipinski definition) is 1.